The van der Waals surface area contributed by atoms with Crippen LogP contribution in [-0.2, 0) is 0 Å². The van der Waals surface area contributed by atoms with Crippen molar-refractivity contribution in [2.45, 2.75) is 14.8 Å². The van der Waals surface area contributed by atoms with Gasteiger partial charge in [-0.1, -0.05) is 0 Å². The van der Waals surface area contributed by atoms with Crippen LogP contribution in [0.3, 0.4) is 0 Å². The number of hydrogen-bond donors (Lipinski definition) is 0. The van der Waals surface area contributed by atoms with E-state index in [1.165, 1.54) is 0 Å². The van der Waals surface area contributed by atoms with Gasteiger partial charge in [-0.3, -0.25) is 0 Å². The van der Waals surface area contributed by atoms with Crippen LogP contribution >= 0.6 is 0 Å². The van der Waals surface area contributed by atoms with Crippen molar-refractivity contribution >= 4 is 49.3 Å². The van der Waals surface area contributed by atoms with Gasteiger partial charge in [-0.2, -0.15) is 0 Å². The van der Waals surface area contributed by atoms with E-state index >= 15 is 0 Å². The molecule has 0 aromatic rings. The molecule has 2 radical (unpaired) electrons. The fraction of sp³-hybridized carbons (Fsp3) is 1.00. The van der Waals surface area contributed by atoms with Crippen molar-refractivity contribution < 1.29 is 0 Å². The van der Waals surface area contributed by atoms with Crippen molar-refractivity contribution in [3.63, 3.8) is 0 Å². The quantitative estimate of drug-likeness (QED) is 0.496. The van der Waals surface area contributed by atoms with E-state index in [9.17, 15) is 0 Å². The first kappa shape index (κ1) is 9.93. The van der Waals surface area contributed by atoms with Crippen molar-refractivity contribution in [1.82, 2.24) is 0 Å². The molecule has 0 atom stereocenters. The molecule has 0 aromatic carbocycles. The Morgan fingerprint density at radius 2 is 1.00 bits per heavy atom. The van der Waals surface area contributed by atoms with Gasteiger partial charge in [0, 0.05) is 29.6 Å². The van der Waals surface area contributed by atoms with Gasteiger partial charge >= 0.3 is 34.6 Å². The first-order valence-corrected chi connectivity index (χ1v) is 10.1. The van der Waals surface area contributed by atoms with Gasteiger partial charge in [-0.05, 0) is 0 Å². The summed E-state index contributed by atoms with van der Waals surface area (Å²) in [4.78, 5) is 7.09. The summed E-state index contributed by atoms with van der Waals surface area (Å²) in [6.45, 7) is 0. The van der Waals surface area contributed by atoms with Gasteiger partial charge < -0.3 is 0 Å². The van der Waals surface area contributed by atoms with Gasteiger partial charge in [-0.25, -0.2) is 0 Å². The largest absolute Gasteiger partial charge is 0 e. The summed E-state index contributed by atoms with van der Waals surface area (Å²) in [5, 5.41) is 0. The molecule has 0 saturated carbocycles. The van der Waals surface area contributed by atoms with Crippen LogP contribution in [0.15, 0.2) is 0 Å². The molecule has 0 fully saturated rings. The first-order valence-electron chi connectivity index (χ1n) is 1.50. The molecule has 0 nitrogen and oxygen atoms in total. The monoisotopic (exact) mass is 188 g/mol. The second kappa shape index (κ2) is 5.80. The molecule has 0 spiro atoms. The summed E-state index contributed by atoms with van der Waals surface area (Å²) in [5.41, 5.74) is 0. The van der Waals surface area contributed by atoms with Crippen molar-refractivity contribution in [2.24, 2.45) is 0 Å². The Balaban J connectivity index is 0. The minimum absolute atomic E-state index is 0. The predicted molar refractivity (Wildman–Crippen MR) is 29.1 cm³/mol. The van der Waals surface area contributed by atoms with Gasteiger partial charge in [0.2, 0.25) is 0 Å². The molecule has 0 bridgehead atoms. The van der Waals surface area contributed by atoms with E-state index in [0.717, 1.165) is 0 Å². The van der Waals surface area contributed by atoms with Gasteiger partial charge in [0.25, 0.3) is 0 Å². The van der Waals surface area contributed by atoms with E-state index in [4.69, 9.17) is 0 Å². The van der Waals surface area contributed by atoms with Crippen LogP contribution in [0, 0.1) is 0 Å². The van der Waals surface area contributed by atoms with E-state index in [2.05, 4.69) is 14.8 Å². The summed E-state index contributed by atoms with van der Waals surface area (Å²) < 4.78 is 0. The molecule has 26 valence electrons. The van der Waals surface area contributed by atoms with Gasteiger partial charge in [0.1, 0.15) is 0 Å². The van der Waals surface area contributed by atoms with Crippen LogP contribution in [0.4, 0.5) is 0 Å². The van der Waals surface area contributed by atoms with Gasteiger partial charge in [-0.15, -0.1) is 0 Å². The summed E-state index contributed by atoms with van der Waals surface area (Å²) in [7, 11) is 0. The van der Waals surface area contributed by atoms with E-state index in [1.54, 1.807) is 0 Å². The molecular weight excluding hydrogens is 178 g/mol. The van der Waals surface area contributed by atoms with Crippen LogP contribution in [0.5, 0.6) is 0 Å². The molecule has 0 saturated heterocycles. The summed E-state index contributed by atoms with van der Waals surface area (Å²) in [6.07, 6.45) is 0. The maximum Gasteiger partial charge on any atom is 0 e. The van der Waals surface area contributed by atoms with Crippen LogP contribution in [-0.4, -0.2) is 49.3 Å². The Hall–Kier alpha value is 1.80. The molecule has 0 N–H and O–H groups in total. The van der Waals surface area contributed by atoms with Gasteiger partial charge in [0.15, 0.2) is 0 Å². The molecule has 0 aliphatic heterocycles. The predicted octanol–water partition coefficient (Wildman–Crippen LogP) is 0.990. The third-order valence-electron chi connectivity index (χ3n) is 0. The van der Waals surface area contributed by atoms with Gasteiger partial charge in [0.05, 0.1) is 0 Å². The fourth-order valence-electron chi connectivity index (χ4n) is 0. The Kier molecular flexibility index (Phi) is 11.5. The molecule has 2 heteroatoms. The molecule has 0 rings (SSSR count). The molecule has 5 heavy (non-hydrogen) atoms. The number of rotatable bonds is 0. The zero-order valence-corrected chi connectivity index (χ0v) is 9.35. The van der Waals surface area contributed by atoms with E-state index < -0.39 is 19.8 Å². The van der Waals surface area contributed by atoms with E-state index in [1.807, 2.05) is 0 Å². The van der Waals surface area contributed by atoms with Crippen molar-refractivity contribution in [3.05, 3.63) is 0 Å². The molecule has 0 aromatic heterocycles. The maximum absolute atomic E-state index is 2.36. The summed E-state index contributed by atoms with van der Waals surface area (Å²) in [6, 6.07) is 0. The Morgan fingerprint density at radius 3 is 1.00 bits per heavy atom. The topological polar surface area (TPSA) is 0 Å². The molecule has 0 aliphatic rings. The third kappa shape index (κ3) is 25.9. The Labute approximate surface area is 63.4 Å². The van der Waals surface area contributed by atoms with Crippen LogP contribution < -0.4 is 0 Å². The normalized spacial score (nSPS) is 7.20. The fourth-order valence-corrected chi connectivity index (χ4v) is 0. The van der Waals surface area contributed by atoms with E-state index in [0.29, 0.717) is 0 Å². The molecular formula is C3H9NaSn. The standard InChI is InChI=1S/3CH3.Na.Sn/h3*1H3;;. The third-order valence-corrected chi connectivity index (χ3v) is 0. The molecule has 0 heterocycles. The number of hydrogen-bond acceptors (Lipinski definition) is 0. The SMILES string of the molecule is [CH3][Sn]([CH3])[CH3].[Na]. The van der Waals surface area contributed by atoms with E-state index in [-0.39, 0.29) is 29.6 Å². The zero-order valence-electron chi connectivity index (χ0n) is 4.50. The van der Waals surface area contributed by atoms with Crippen LogP contribution in [0.2, 0.25) is 14.8 Å². The Bertz CT molecular complexity index is 11.6. The molecule has 0 unspecified atom stereocenters. The average molecular weight is 187 g/mol. The van der Waals surface area contributed by atoms with Crippen molar-refractivity contribution in [2.75, 3.05) is 0 Å². The zero-order chi connectivity index (χ0) is 3.58. The van der Waals surface area contributed by atoms with Crippen molar-refractivity contribution in [3.8, 4) is 0 Å². The maximum atomic E-state index is 2.36. The summed E-state index contributed by atoms with van der Waals surface area (Å²) in [5.74, 6) is 0. The molecule has 0 aliphatic carbocycles. The second-order valence-electron chi connectivity index (χ2n) is 1.50. The van der Waals surface area contributed by atoms with Crippen molar-refractivity contribution in [1.29, 1.82) is 0 Å². The molecule has 0 amide bonds. The van der Waals surface area contributed by atoms with Crippen LogP contribution in [0.1, 0.15) is 0 Å². The minimum Gasteiger partial charge on any atom is 0 e. The average Bonchev–Trinajstić information content (AvgIpc) is 0.811. The smallest absolute Gasteiger partial charge is 0 e. The second-order valence-corrected chi connectivity index (χ2v) is 10.1. The summed E-state index contributed by atoms with van der Waals surface area (Å²) >= 11 is -0.543. The first-order chi connectivity index (χ1) is 1.73. The minimum atomic E-state index is -0.543. The Morgan fingerprint density at radius 1 is 1.00 bits per heavy atom. The van der Waals surface area contributed by atoms with Crippen LogP contribution in [0.25, 0.3) is 0 Å².